The number of rotatable bonds is 6. The van der Waals surface area contributed by atoms with Crippen LogP contribution in [0, 0.1) is 6.92 Å². The number of benzene rings is 3. The quantitative estimate of drug-likeness (QED) is 0.694. The molecule has 1 amide bonds. The summed E-state index contributed by atoms with van der Waals surface area (Å²) in [6.45, 7) is 2.41. The summed E-state index contributed by atoms with van der Waals surface area (Å²) in [6, 6.07) is 22.6. The van der Waals surface area contributed by atoms with Crippen LogP contribution in [0.2, 0.25) is 0 Å². The number of carbonyl (C=O) groups excluding carboxylic acids is 1. The van der Waals surface area contributed by atoms with E-state index in [1.807, 2.05) is 67.6 Å². The molecule has 0 aliphatic carbocycles. The molecule has 132 valence electrons. The summed E-state index contributed by atoms with van der Waals surface area (Å²) in [7, 11) is 1.63. The molecule has 0 radical (unpaired) electrons. The van der Waals surface area contributed by atoms with Gasteiger partial charge < -0.3 is 14.8 Å². The minimum atomic E-state index is -0.135. The van der Waals surface area contributed by atoms with Crippen molar-refractivity contribution in [3.05, 3.63) is 89.5 Å². The average Bonchev–Trinajstić information content (AvgIpc) is 2.68. The van der Waals surface area contributed by atoms with Gasteiger partial charge in [0, 0.05) is 11.3 Å². The van der Waals surface area contributed by atoms with E-state index in [0.717, 1.165) is 16.8 Å². The van der Waals surface area contributed by atoms with E-state index >= 15 is 0 Å². The minimum Gasteiger partial charge on any atom is -0.493 e. The topological polar surface area (TPSA) is 47.6 Å². The van der Waals surface area contributed by atoms with E-state index in [1.54, 1.807) is 19.2 Å². The van der Waals surface area contributed by atoms with Gasteiger partial charge in [0.05, 0.1) is 7.11 Å². The van der Waals surface area contributed by atoms with Crippen molar-refractivity contribution in [3.8, 4) is 11.5 Å². The third-order valence-corrected chi connectivity index (χ3v) is 3.96. The molecule has 3 aromatic rings. The number of hydrogen-bond donors (Lipinski definition) is 1. The second-order valence-electron chi connectivity index (χ2n) is 5.96. The van der Waals surface area contributed by atoms with Crippen LogP contribution in [-0.4, -0.2) is 13.0 Å². The van der Waals surface area contributed by atoms with Crippen LogP contribution in [0.4, 0.5) is 5.69 Å². The van der Waals surface area contributed by atoms with E-state index < -0.39 is 0 Å². The fraction of sp³-hybridized carbons (Fsp3) is 0.136. The molecule has 0 heterocycles. The molecule has 0 unspecified atom stereocenters. The first-order valence-corrected chi connectivity index (χ1v) is 8.38. The summed E-state index contributed by atoms with van der Waals surface area (Å²) in [4.78, 5) is 12.3. The molecular weight excluding hydrogens is 326 g/mol. The first-order valence-electron chi connectivity index (χ1n) is 8.38. The zero-order chi connectivity index (χ0) is 18.4. The monoisotopic (exact) mass is 347 g/mol. The average molecular weight is 347 g/mol. The Bertz CT molecular complexity index is 874. The third-order valence-electron chi connectivity index (χ3n) is 3.96. The van der Waals surface area contributed by atoms with Gasteiger partial charge in [0.2, 0.25) is 0 Å². The SMILES string of the molecule is COc1cc(C)ccc1OCc1ccc(C(=O)Nc2ccccc2)cc1. The molecule has 0 saturated heterocycles. The highest BCUT2D eigenvalue weighted by molar-refractivity contribution is 6.04. The number of ether oxygens (including phenoxy) is 2. The van der Waals surface area contributed by atoms with Crippen molar-refractivity contribution in [2.45, 2.75) is 13.5 Å². The number of nitrogens with one attached hydrogen (secondary N) is 1. The van der Waals surface area contributed by atoms with Crippen molar-refractivity contribution in [3.63, 3.8) is 0 Å². The predicted octanol–water partition coefficient (Wildman–Crippen LogP) is 4.83. The van der Waals surface area contributed by atoms with Gasteiger partial charge in [-0.05, 0) is 54.4 Å². The zero-order valence-electron chi connectivity index (χ0n) is 14.9. The maximum atomic E-state index is 12.3. The highest BCUT2D eigenvalue weighted by atomic mass is 16.5. The first-order chi connectivity index (χ1) is 12.7. The number of anilines is 1. The van der Waals surface area contributed by atoms with Gasteiger partial charge in [-0.2, -0.15) is 0 Å². The van der Waals surface area contributed by atoms with Crippen LogP contribution in [0.25, 0.3) is 0 Å². The van der Waals surface area contributed by atoms with Crippen LogP contribution in [0.15, 0.2) is 72.8 Å². The smallest absolute Gasteiger partial charge is 0.255 e. The van der Waals surface area contributed by atoms with E-state index in [0.29, 0.717) is 23.7 Å². The second-order valence-corrected chi connectivity index (χ2v) is 5.96. The molecule has 0 saturated carbocycles. The lowest BCUT2D eigenvalue weighted by Crippen LogP contribution is -2.11. The van der Waals surface area contributed by atoms with Gasteiger partial charge in [-0.1, -0.05) is 36.4 Å². The van der Waals surface area contributed by atoms with Gasteiger partial charge in [-0.25, -0.2) is 0 Å². The van der Waals surface area contributed by atoms with Crippen molar-refractivity contribution in [2.24, 2.45) is 0 Å². The van der Waals surface area contributed by atoms with Gasteiger partial charge in [-0.3, -0.25) is 4.79 Å². The molecule has 4 nitrogen and oxygen atoms in total. The number of carbonyl (C=O) groups is 1. The van der Waals surface area contributed by atoms with Crippen molar-refractivity contribution in [1.82, 2.24) is 0 Å². The predicted molar refractivity (Wildman–Crippen MR) is 103 cm³/mol. The van der Waals surface area contributed by atoms with Gasteiger partial charge in [-0.15, -0.1) is 0 Å². The number of para-hydroxylation sites is 1. The maximum absolute atomic E-state index is 12.3. The van der Waals surface area contributed by atoms with E-state index in [4.69, 9.17) is 9.47 Å². The lowest BCUT2D eigenvalue weighted by molar-refractivity contribution is 0.102. The largest absolute Gasteiger partial charge is 0.493 e. The molecule has 0 aliphatic rings. The van der Waals surface area contributed by atoms with Crippen LogP contribution < -0.4 is 14.8 Å². The Balaban J connectivity index is 1.62. The Morgan fingerprint density at radius 3 is 2.35 bits per heavy atom. The summed E-state index contributed by atoms with van der Waals surface area (Å²) < 4.78 is 11.2. The lowest BCUT2D eigenvalue weighted by Gasteiger charge is -2.11. The van der Waals surface area contributed by atoms with Crippen LogP contribution in [-0.2, 0) is 6.61 Å². The molecule has 0 bridgehead atoms. The summed E-state index contributed by atoms with van der Waals surface area (Å²) in [5, 5.41) is 2.87. The Morgan fingerprint density at radius 2 is 1.65 bits per heavy atom. The number of hydrogen-bond acceptors (Lipinski definition) is 3. The summed E-state index contributed by atoms with van der Waals surface area (Å²) in [5.41, 5.74) is 3.47. The van der Waals surface area contributed by atoms with E-state index in [-0.39, 0.29) is 5.91 Å². The second kappa shape index (κ2) is 8.21. The molecule has 0 aliphatic heterocycles. The molecule has 0 spiro atoms. The van der Waals surface area contributed by atoms with Crippen molar-refractivity contribution in [1.29, 1.82) is 0 Å². The Morgan fingerprint density at radius 1 is 0.923 bits per heavy atom. The molecule has 26 heavy (non-hydrogen) atoms. The summed E-state index contributed by atoms with van der Waals surface area (Å²) in [6.07, 6.45) is 0. The molecule has 3 rings (SSSR count). The standard InChI is InChI=1S/C22H21NO3/c1-16-8-13-20(21(14-16)25-2)26-15-17-9-11-18(12-10-17)22(24)23-19-6-4-3-5-7-19/h3-14H,15H2,1-2H3,(H,23,24). The highest BCUT2D eigenvalue weighted by Gasteiger charge is 2.07. The molecule has 0 atom stereocenters. The van der Waals surface area contributed by atoms with E-state index in [2.05, 4.69) is 5.32 Å². The van der Waals surface area contributed by atoms with Gasteiger partial charge >= 0.3 is 0 Å². The molecule has 0 fully saturated rings. The zero-order valence-corrected chi connectivity index (χ0v) is 14.9. The summed E-state index contributed by atoms with van der Waals surface area (Å²) >= 11 is 0. The fourth-order valence-electron chi connectivity index (χ4n) is 2.53. The molecule has 4 heteroatoms. The minimum absolute atomic E-state index is 0.135. The number of amides is 1. The molecule has 1 N–H and O–H groups in total. The van der Waals surface area contributed by atoms with Crippen LogP contribution >= 0.6 is 0 Å². The number of aryl methyl sites for hydroxylation is 1. The van der Waals surface area contributed by atoms with Crippen molar-refractivity contribution in [2.75, 3.05) is 12.4 Å². The van der Waals surface area contributed by atoms with E-state index in [1.165, 1.54) is 0 Å². The normalized spacial score (nSPS) is 10.2. The molecule has 3 aromatic carbocycles. The highest BCUT2D eigenvalue weighted by Crippen LogP contribution is 2.28. The van der Waals surface area contributed by atoms with Crippen molar-refractivity contribution < 1.29 is 14.3 Å². The Hall–Kier alpha value is -3.27. The van der Waals surface area contributed by atoms with Crippen LogP contribution in [0.3, 0.4) is 0 Å². The third kappa shape index (κ3) is 4.42. The van der Waals surface area contributed by atoms with Crippen LogP contribution in [0.1, 0.15) is 21.5 Å². The maximum Gasteiger partial charge on any atom is 0.255 e. The lowest BCUT2D eigenvalue weighted by atomic mass is 10.1. The number of methoxy groups -OCH3 is 1. The Labute approximate surface area is 153 Å². The Kier molecular flexibility index (Phi) is 5.54. The van der Waals surface area contributed by atoms with Gasteiger partial charge in [0.1, 0.15) is 6.61 Å². The fourth-order valence-corrected chi connectivity index (χ4v) is 2.53. The van der Waals surface area contributed by atoms with Gasteiger partial charge in [0.15, 0.2) is 11.5 Å². The first kappa shape index (κ1) is 17.5. The van der Waals surface area contributed by atoms with Crippen molar-refractivity contribution >= 4 is 11.6 Å². The summed E-state index contributed by atoms with van der Waals surface area (Å²) in [5.74, 6) is 1.27. The van der Waals surface area contributed by atoms with Crippen LogP contribution in [0.5, 0.6) is 11.5 Å². The molecular formula is C22H21NO3. The van der Waals surface area contributed by atoms with E-state index in [9.17, 15) is 4.79 Å². The van der Waals surface area contributed by atoms with Gasteiger partial charge in [0.25, 0.3) is 5.91 Å². The molecule has 0 aromatic heterocycles.